The van der Waals surface area contributed by atoms with Gasteiger partial charge in [0.2, 0.25) is 11.8 Å². The Morgan fingerprint density at radius 1 is 1.29 bits per heavy atom. The Hall–Kier alpha value is -2.77. The number of carbonyl (C=O) groups excluding carboxylic acids is 2. The van der Waals surface area contributed by atoms with Crippen molar-refractivity contribution in [2.45, 2.75) is 19.8 Å². The van der Waals surface area contributed by atoms with E-state index in [-0.39, 0.29) is 36.9 Å². The summed E-state index contributed by atoms with van der Waals surface area (Å²) in [4.78, 5) is 34.1. The second-order valence-corrected chi connectivity index (χ2v) is 4.64. The fraction of sp³-hybridized carbons (Fsp3) is 0.308. The highest BCUT2D eigenvalue weighted by Crippen LogP contribution is 2.15. The van der Waals surface area contributed by atoms with E-state index in [0.717, 1.165) is 0 Å². The van der Waals surface area contributed by atoms with Gasteiger partial charge in [-0.05, 0) is 19.1 Å². The standard InChI is InChI=1S/C13H14N4O4/c1-9(8-16-12(18)6-7-13(16)19)14-15-10-2-4-11(5-3-10)17(20)21/h2-5,15H,6-8H2,1H3/b14-9+. The number of nitro groups is 1. The van der Waals surface area contributed by atoms with E-state index in [0.29, 0.717) is 11.4 Å². The Labute approximate surface area is 120 Å². The van der Waals surface area contributed by atoms with Crippen molar-refractivity contribution in [2.24, 2.45) is 5.10 Å². The van der Waals surface area contributed by atoms with Crippen LogP contribution in [-0.4, -0.2) is 33.9 Å². The predicted octanol–water partition coefficient (Wildman–Crippen LogP) is 1.53. The van der Waals surface area contributed by atoms with Gasteiger partial charge in [-0.25, -0.2) is 0 Å². The van der Waals surface area contributed by atoms with Crippen molar-refractivity contribution in [2.75, 3.05) is 12.0 Å². The summed E-state index contributed by atoms with van der Waals surface area (Å²) in [5.41, 5.74) is 3.87. The van der Waals surface area contributed by atoms with Gasteiger partial charge in [0.1, 0.15) is 0 Å². The van der Waals surface area contributed by atoms with Gasteiger partial charge in [0.15, 0.2) is 0 Å². The number of nitro benzene ring substituents is 1. The van der Waals surface area contributed by atoms with Gasteiger partial charge in [-0.15, -0.1) is 0 Å². The third kappa shape index (κ3) is 3.62. The third-order valence-corrected chi connectivity index (χ3v) is 3.00. The van der Waals surface area contributed by atoms with Crippen molar-refractivity contribution in [1.29, 1.82) is 0 Å². The van der Waals surface area contributed by atoms with E-state index in [1.807, 2.05) is 0 Å². The molecule has 0 spiro atoms. The maximum absolute atomic E-state index is 11.5. The number of amides is 2. The van der Waals surface area contributed by atoms with Crippen LogP contribution >= 0.6 is 0 Å². The number of nitrogens with zero attached hydrogens (tertiary/aromatic N) is 3. The number of benzene rings is 1. The molecular weight excluding hydrogens is 276 g/mol. The summed E-state index contributed by atoms with van der Waals surface area (Å²) in [7, 11) is 0. The number of non-ortho nitro benzene ring substituents is 1. The topological polar surface area (TPSA) is 105 Å². The predicted molar refractivity (Wildman–Crippen MR) is 75.8 cm³/mol. The van der Waals surface area contributed by atoms with Crippen LogP contribution in [0, 0.1) is 10.1 Å². The van der Waals surface area contributed by atoms with Gasteiger partial charge in [-0.3, -0.25) is 30.0 Å². The quantitative estimate of drug-likeness (QED) is 0.383. The minimum atomic E-state index is -0.483. The van der Waals surface area contributed by atoms with Crippen molar-refractivity contribution in [1.82, 2.24) is 4.90 Å². The number of hydrogen-bond donors (Lipinski definition) is 1. The van der Waals surface area contributed by atoms with E-state index in [1.54, 1.807) is 6.92 Å². The molecule has 1 aliphatic rings. The molecule has 0 saturated carbocycles. The maximum Gasteiger partial charge on any atom is 0.269 e. The molecule has 1 saturated heterocycles. The second-order valence-electron chi connectivity index (χ2n) is 4.64. The monoisotopic (exact) mass is 290 g/mol. The summed E-state index contributed by atoms with van der Waals surface area (Å²) in [5, 5.41) is 14.6. The zero-order chi connectivity index (χ0) is 15.4. The Kier molecular flexibility index (Phi) is 4.27. The van der Waals surface area contributed by atoms with Crippen LogP contribution in [-0.2, 0) is 9.59 Å². The smallest absolute Gasteiger partial charge is 0.269 e. The van der Waals surface area contributed by atoms with Crippen molar-refractivity contribution in [3.05, 3.63) is 34.4 Å². The highest BCUT2D eigenvalue weighted by atomic mass is 16.6. The van der Waals surface area contributed by atoms with E-state index in [2.05, 4.69) is 10.5 Å². The lowest BCUT2D eigenvalue weighted by atomic mass is 10.3. The van der Waals surface area contributed by atoms with Crippen LogP contribution in [0.25, 0.3) is 0 Å². The normalized spacial score (nSPS) is 15.5. The molecule has 0 aromatic heterocycles. The van der Waals surface area contributed by atoms with Crippen LogP contribution in [0.3, 0.4) is 0 Å². The lowest BCUT2D eigenvalue weighted by Crippen LogP contribution is -2.33. The summed E-state index contributed by atoms with van der Waals surface area (Å²) in [5.74, 6) is -0.380. The fourth-order valence-corrected chi connectivity index (χ4v) is 1.88. The molecule has 0 aliphatic carbocycles. The van der Waals surface area contributed by atoms with E-state index < -0.39 is 4.92 Å². The van der Waals surface area contributed by atoms with Gasteiger partial charge < -0.3 is 0 Å². The first-order valence-corrected chi connectivity index (χ1v) is 6.34. The molecule has 8 heteroatoms. The first kappa shape index (κ1) is 14.6. The molecule has 0 radical (unpaired) electrons. The maximum atomic E-state index is 11.5. The molecule has 2 amide bonds. The number of carbonyl (C=O) groups is 2. The molecule has 2 rings (SSSR count). The lowest BCUT2D eigenvalue weighted by molar-refractivity contribution is -0.384. The van der Waals surface area contributed by atoms with Crippen molar-refractivity contribution in [3.8, 4) is 0 Å². The Morgan fingerprint density at radius 3 is 2.38 bits per heavy atom. The minimum Gasteiger partial charge on any atom is -0.279 e. The van der Waals surface area contributed by atoms with Gasteiger partial charge in [0, 0.05) is 25.0 Å². The number of hydrogen-bond acceptors (Lipinski definition) is 6. The van der Waals surface area contributed by atoms with Crippen LogP contribution in [0.4, 0.5) is 11.4 Å². The molecule has 1 heterocycles. The SMILES string of the molecule is C/C(CN1C(=O)CCC1=O)=N\Nc1ccc([N+](=O)[O-])cc1. The number of anilines is 1. The zero-order valence-electron chi connectivity index (χ0n) is 11.4. The van der Waals surface area contributed by atoms with Gasteiger partial charge in [0.25, 0.3) is 5.69 Å². The molecule has 8 nitrogen and oxygen atoms in total. The van der Waals surface area contributed by atoms with Crippen molar-refractivity contribution in [3.63, 3.8) is 0 Å². The number of nitrogens with one attached hydrogen (secondary N) is 1. The average Bonchev–Trinajstić information content (AvgIpc) is 2.77. The van der Waals surface area contributed by atoms with Crippen molar-refractivity contribution < 1.29 is 14.5 Å². The van der Waals surface area contributed by atoms with Crippen LogP contribution in [0.15, 0.2) is 29.4 Å². The first-order valence-electron chi connectivity index (χ1n) is 6.34. The highest BCUT2D eigenvalue weighted by Gasteiger charge is 2.28. The van der Waals surface area contributed by atoms with Crippen LogP contribution < -0.4 is 5.43 Å². The first-order chi connectivity index (χ1) is 9.97. The van der Waals surface area contributed by atoms with Crippen LogP contribution in [0.2, 0.25) is 0 Å². The second kappa shape index (κ2) is 6.12. The van der Waals surface area contributed by atoms with Gasteiger partial charge in [-0.1, -0.05) is 0 Å². The Bertz CT molecular complexity index is 593. The summed E-state index contributed by atoms with van der Waals surface area (Å²) in [6.07, 6.45) is 0.504. The van der Waals surface area contributed by atoms with Gasteiger partial charge in [0.05, 0.1) is 22.9 Å². The zero-order valence-corrected chi connectivity index (χ0v) is 11.4. The molecule has 1 aromatic carbocycles. The molecule has 1 aliphatic heterocycles. The summed E-state index contributed by atoms with van der Waals surface area (Å²) in [6, 6.07) is 5.78. The van der Waals surface area contributed by atoms with E-state index >= 15 is 0 Å². The van der Waals surface area contributed by atoms with E-state index in [9.17, 15) is 19.7 Å². The molecule has 1 N–H and O–H groups in total. The summed E-state index contributed by atoms with van der Waals surface area (Å²) < 4.78 is 0. The largest absolute Gasteiger partial charge is 0.279 e. The summed E-state index contributed by atoms with van der Waals surface area (Å²) >= 11 is 0. The Morgan fingerprint density at radius 2 is 1.86 bits per heavy atom. The van der Waals surface area contributed by atoms with Gasteiger partial charge in [-0.2, -0.15) is 5.10 Å². The number of rotatable bonds is 5. The molecule has 110 valence electrons. The number of likely N-dealkylation sites (tertiary alicyclic amines) is 1. The van der Waals surface area contributed by atoms with Gasteiger partial charge >= 0.3 is 0 Å². The Balaban J connectivity index is 1.95. The summed E-state index contributed by atoms with van der Waals surface area (Å²) in [6.45, 7) is 1.84. The van der Waals surface area contributed by atoms with Crippen LogP contribution in [0.1, 0.15) is 19.8 Å². The van der Waals surface area contributed by atoms with E-state index in [1.165, 1.54) is 29.2 Å². The highest BCUT2D eigenvalue weighted by molar-refractivity contribution is 6.05. The molecular formula is C13H14N4O4. The minimum absolute atomic E-state index is 0.00508. The molecule has 1 fully saturated rings. The molecule has 1 aromatic rings. The van der Waals surface area contributed by atoms with E-state index in [4.69, 9.17) is 0 Å². The van der Waals surface area contributed by atoms with Crippen LogP contribution in [0.5, 0.6) is 0 Å². The molecule has 0 bridgehead atoms. The lowest BCUT2D eigenvalue weighted by Gasteiger charge is -2.13. The fourth-order valence-electron chi connectivity index (χ4n) is 1.88. The molecule has 0 unspecified atom stereocenters. The molecule has 21 heavy (non-hydrogen) atoms. The number of hydrazone groups is 1. The average molecular weight is 290 g/mol. The number of imide groups is 1. The molecule has 0 atom stereocenters. The van der Waals surface area contributed by atoms with Crippen molar-refractivity contribution >= 4 is 28.9 Å². The third-order valence-electron chi connectivity index (χ3n) is 3.00.